The summed E-state index contributed by atoms with van der Waals surface area (Å²) < 4.78 is 1.49. The first-order valence-electron chi connectivity index (χ1n) is 5.70. The van der Waals surface area contributed by atoms with E-state index in [1.807, 2.05) is 0 Å². The molecule has 1 amide bonds. The molecule has 0 unspecified atom stereocenters. The topological polar surface area (TPSA) is 84.4 Å². The summed E-state index contributed by atoms with van der Waals surface area (Å²) in [4.78, 5) is 13.8. The van der Waals surface area contributed by atoms with Gasteiger partial charge in [0.2, 0.25) is 0 Å². The fraction of sp³-hybridized carbons (Fsp3) is 0.636. The number of nitrogen functional groups attached to an aromatic ring is 1. The number of hydrogen-bond acceptors (Lipinski definition) is 4. The smallest absolute Gasteiger partial charge is 0.274 e. The Balaban J connectivity index is 2.00. The van der Waals surface area contributed by atoms with Crippen LogP contribution in [0.4, 0.5) is 5.69 Å². The van der Waals surface area contributed by atoms with E-state index >= 15 is 0 Å². The zero-order valence-electron chi connectivity index (χ0n) is 10.1. The molecule has 0 saturated heterocycles. The highest BCUT2D eigenvalue weighted by molar-refractivity contribution is 5.97. The largest absolute Gasteiger partial charge is 0.396 e. The molecule has 2 rings (SSSR count). The van der Waals surface area contributed by atoms with Gasteiger partial charge in [0.1, 0.15) is 5.69 Å². The lowest BCUT2D eigenvalue weighted by Gasteiger charge is -2.34. The van der Waals surface area contributed by atoms with E-state index in [-0.39, 0.29) is 12.0 Å². The highest BCUT2D eigenvalue weighted by Crippen LogP contribution is 2.28. The van der Waals surface area contributed by atoms with Crippen molar-refractivity contribution < 1.29 is 9.90 Å². The number of nitrogens with two attached hydrogens (primary N) is 1. The van der Waals surface area contributed by atoms with E-state index < -0.39 is 0 Å². The van der Waals surface area contributed by atoms with Crippen molar-refractivity contribution in [2.75, 3.05) is 19.3 Å². The molecule has 0 aliphatic heterocycles. The zero-order valence-corrected chi connectivity index (χ0v) is 10.1. The summed E-state index contributed by atoms with van der Waals surface area (Å²) in [6.07, 6.45) is 2.84. The van der Waals surface area contributed by atoms with Crippen LogP contribution in [-0.2, 0) is 7.05 Å². The summed E-state index contributed by atoms with van der Waals surface area (Å²) in [7, 11) is 3.45. The van der Waals surface area contributed by atoms with E-state index in [1.165, 1.54) is 10.9 Å². The van der Waals surface area contributed by atoms with Gasteiger partial charge in [0.15, 0.2) is 0 Å². The first kappa shape index (κ1) is 11.9. The van der Waals surface area contributed by atoms with Gasteiger partial charge in [-0.05, 0) is 18.8 Å². The van der Waals surface area contributed by atoms with E-state index in [0.717, 1.165) is 12.8 Å². The summed E-state index contributed by atoms with van der Waals surface area (Å²) in [5, 5.41) is 13.2. The number of nitrogens with zero attached hydrogens (tertiary/aromatic N) is 3. The first-order chi connectivity index (χ1) is 7.99. The minimum atomic E-state index is -0.190. The van der Waals surface area contributed by atoms with Gasteiger partial charge in [-0.15, -0.1) is 0 Å². The number of carbonyl (C=O) groups excluding carboxylic acids is 1. The highest BCUT2D eigenvalue weighted by Gasteiger charge is 2.30. The van der Waals surface area contributed by atoms with Gasteiger partial charge >= 0.3 is 0 Å². The Kier molecular flexibility index (Phi) is 3.06. The van der Waals surface area contributed by atoms with Crippen molar-refractivity contribution in [2.24, 2.45) is 13.0 Å². The Hall–Kier alpha value is -1.56. The monoisotopic (exact) mass is 238 g/mol. The molecule has 0 spiro atoms. The molecule has 6 nitrogen and oxygen atoms in total. The second-order valence-electron chi connectivity index (χ2n) is 4.75. The summed E-state index contributed by atoms with van der Waals surface area (Å²) in [6.45, 7) is 0.653. The van der Waals surface area contributed by atoms with Crippen molar-refractivity contribution in [1.82, 2.24) is 14.7 Å². The number of aryl methyl sites for hydroxylation is 1. The second kappa shape index (κ2) is 4.37. The molecule has 1 heterocycles. The standard InChI is InChI=1S/C11H18N4O2/c1-14(6-7-3-8(16)4-7)11(17)10-9(12)5-13-15(10)2/h5,7-8,16H,3-4,6,12H2,1-2H3. The second-order valence-corrected chi connectivity index (χ2v) is 4.75. The van der Waals surface area contributed by atoms with Crippen LogP contribution in [0.5, 0.6) is 0 Å². The lowest BCUT2D eigenvalue weighted by atomic mass is 9.82. The molecule has 0 aromatic carbocycles. The highest BCUT2D eigenvalue weighted by atomic mass is 16.3. The minimum absolute atomic E-state index is 0.121. The molecule has 17 heavy (non-hydrogen) atoms. The van der Waals surface area contributed by atoms with Crippen LogP contribution in [0.1, 0.15) is 23.3 Å². The van der Waals surface area contributed by atoms with Crippen LogP contribution in [0.15, 0.2) is 6.20 Å². The maximum atomic E-state index is 12.1. The van der Waals surface area contributed by atoms with E-state index in [4.69, 9.17) is 5.73 Å². The number of amides is 1. The molecule has 6 heteroatoms. The number of carbonyl (C=O) groups is 1. The van der Waals surface area contributed by atoms with Gasteiger partial charge in [0.25, 0.3) is 5.91 Å². The normalized spacial score (nSPS) is 23.2. The maximum Gasteiger partial charge on any atom is 0.274 e. The molecule has 1 aromatic heterocycles. The van der Waals surface area contributed by atoms with Gasteiger partial charge in [0.05, 0.1) is 18.0 Å². The average Bonchev–Trinajstić information content (AvgIpc) is 2.55. The molecule has 1 aromatic rings. The lowest BCUT2D eigenvalue weighted by molar-refractivity contribution is 0.0263. The molecule has 1 aliphatic carbocycles. The quantitative estimate of drug-likeness (QED) is 0.766. The number of aromatic nitrogens is 2. The van der Waals surface area contributed by atoms with Gasteiger partial charge in [-0.3, -0.25) is 9.48 Å². The van der Waals surface area contributed by atoms with Crippen molar-refractivity contribution in [2.45, 2.75) is 18.9 Å². The molecule has 0 atom stereocenters. The first-order valence-corrected chi connectivity index (χ1v) is 5.70. The molecule has 1 aliphatic rings. The van der Waals surface area contributed by atoms with Crippen molar-refractivity contribution >= 4 is 11.6 Å². The van der Waals surface area contributed by atoms with Crippen molar-refractivity contribution in [3.05, 3.63) is 11.9 Å². The van der Waals surface area contributed by atoms with Crippen LogP contribution in [0.3, 0.4) is 0 Å². The fourth-order valence-corrected chi connectivity index (χ4v) is 2.22. The number of rotatable bonds is 3. The predicted octanol–water partition coefficient (Wildman–Crippen LogP) is -0.155. The Morgan fingerprint density at radius 2 is 2.35 bits per heavy atom. The molecule has 0 bridgehead atoms. The maximum absolute atomic E-state index is 12.1. The molecule has 1 fully saturated rings. The SMILES string of the molecule is CN(CC1CC(O)C1)C(=O)c1c(N)cnn1C. The lowest BCUT2D eigenvalue weighted by Crippen LogP contribution is -2.40. The number of aliphatic hydroxyl groups is 1. The van der Waals surface area contributed by atoms with Gasteiger partial charge in [-0.2, -0.15) is 5.10 Å². The summed E-state index contributed by atoms with van der Waals surface area (Å²) in [6, 6.07) is 0. The Labute approximate surface area is 100 Å². The van der Waals surface area contributed by atoms with E-state index in [1.54, 1.807) is 19.0 Å². The Morgan fingerprint density at radius 1 is 1.71 bits per heavy atom. The Morgan fingerprint density at radius 3 is 2.82 bits per heavy atom. The third-order valence-electron chi connectivity index (χ3n) is 3.26. The van der Waals surface area contributed by atoms with Gasteiger partial charge in [-0.25, -0.2) is 0 Å². The molecule has 94 valence electrons. The van der Waals surface area contributed by atoms with Crippen LogP contribution in [-0.4, -0.2) is 45.4 Å². The predicted molar refractivity (Wildman–Crippen MR) is 63.3 cm³/mol. The van der Waals surface area contributed by atoms with Crippen LogP contribution in [0.25, 0.3) is 0 Å². The summed E-state index contributed by atoms with van der Waals surface area (Å²) in [5.74, 6) is 0.275. The van der Waals surface area contributed by atoms with E-state index in [9.17, 15) is 9.90 Å². The average molecular weight is 238 g/mol. The van der Waals surface area contributed by atoms with E-state index in [0.29, 0.717) is 23.8 Å². The van der Waals surface area contributed by atoms with Crippen molar-refractivity contribution in [3.63, 3.8) is 0 Å². The van der Waals surface area contributed by atoms with E-state index in [2.05, 4.69) is 5.10 Å². The zero-order chi connectivity index (χ0) is 12.6. The van der Waals surface area contributed by atoms with Crippen LogP contribution in [0, 0.1) is 5.92 Å². The molecular weight excluding hydrogens is 220 g/mol. The van der Waals surface area contributed by atoms with Gasteiger partial charge in [-0.1, -0.05) is 0 Å². The molecule has 0 radical (unpaired) electrons. The summed E-state index contributed by atoms with van der Waals surface area (Å²) >= 11 is 0. The summed E-state index contributed by atoms with van der Waals surface area (Å²) in [5.41, 5.74) is 6.53. The van der Waals surface area contributed by atoms with Crippen molar-refractivity contribution in [3.8, 4) is 0 Å². The number of hydrogen-bond donors (Lipinski definition) is 2. The van der Waals surface area contributed by atoms with Crippen LogP contribution in [0.2, 0.25) is 0 Å². The Bertz CT molecular complexity index is 404. The number of aliphatic hydroxyl groups excluding tert-OH is 1. The molecule has 3 N–H and O–H groups in total. The molecular formula is C11H18N4O2. The fourth-order valence-electron chi connectivity index (χ4n) is 2.22. The van der Waals surface area contributed by atoms with Gasteiger partial charge in [0, 0.05) is 20.6 Å². The van der Waals surface area contributed by atoms with Crippen LogP contribution >= 0.6 is 0 Å². The molecule has 1 saturated carbocycles. The third kappa shape index (κ3) is 2.26. The number of anilines is 1. The third-order valence-corrected chi connectivity index (χ3v) is 3.26. The van der Waals surface area contributed by atoms with Gasteiger partial charge < -0.3 is 15.7 Å². The van der Waals surface area contributed by atoms with Crippen molar-refractivity contribution in [1.29, 1.82) is 0 Å². The van der Waals surface area contributed by atoms with Crippen LogP contribution < -0.4 is 5.73 Å². The minimum Gasteiger partial charge on any atom is -0.396 e.